The van der Waals surface area contributed by atoms with E-state index < -0.39 is 11.8 Å². The molecule has 3 amide bonds. The van der Waals surface area contributed by atoms with Crippen molar-refractivity contribution in [2.75, 3.05) is 13.7 Å². The molecule has 0 radical (unpaired) electrons. The summed E-state index contributed by atoms with van der Waals surface area (Å²) in [6, 6.07) is 14.2. The van der Waals surface area contributed by atoms with Crippen LogP contribution < -0.4 is 15.6 Å². The number of fused-ring (bicyclic) bond motifs is 1. The third kappa shape index (κ3) is 3.82. The van der Waals surface area contributed by atoms with Gasteiger partial charge in [0.25, 0.3) is 11.8 Å². The van der Waals surface area contributed by atoms with E-state index in [-0.39, 0.29) is 18.9 Å². The van der Waals surface area contributed by atoms with Crippen molar-refractivity contribution < 1.29 is 19.1 Å². The first-order valence-corrected chi connectivity index (χ1v) is 8.31. The first-order chi connectivity index (χ1) is 13.0. The zero-order chi connectivity index (χ0) is 19.4. The highest BCUT2D eigenvalue weighted by Gasteiger charge is 2.31. The standard InChI is InChI=1S/C20H19N3O4/c1-13-15-8-4-5-9-16(15)20(26)23(13)12-19(25)22-21-18(24)11-14-7-3-6-10-17(14)27-2/h3-10H,1,11-12H2,2H3,(H,21,24)(H,22,25). The molecular formula is C20H19N3O4. The van der Waals surface area contributed by atoms with E-state index in [1.54, 1.807) is 48.5 Å². The number of hydrogen-bond acceptors (Lipinski definition) is 4. The number of nitrogens with zero attached hydrogens (tertiary/aromatic N) is 1. The maximum atomic E-state index is 12.4. The van der Waals surface area contributed by atoms with E-state index in [2.05, 4.69) is 17.4 Å². The number of ether oxygens (including phenoxy) is 1. The van der Waals surface area contributed by atoms with Gasteiger partial charge in [0.05, 0.1) is 13.5 Å². The van der Waals surface area contributed by atoms with Gasteiger partial charge in [0.15, 0.2) is 0 Å². The molecule has 0 aromatic heterocycles. The Labute approximate surface area is 156 Å². The highest BCUT2D eigenvalue weighted by Crippen LogP contribution is 2.30. The molecule has 7 nitrogen and oxygen atoms in total. The molecule has 7 heteroatoms. The Morgan fingerprint density at radius 1 is 1.00 bits per heavy atom. The molecule has 0 atom stereocenters. The van der Waals surface area contributed by atoms with E-state index in [1.807, 2.05) is 0 Å². The lowest BCUT2D eigenvalue weighted by molar-refractivity contribution is -0.128. The molecule has 0 fully saturated rings. The Balaban J connectivity index is 1.54. The molecule has 1 aliphatic heterocycles. The van der Waals surface area contributed by atoms with Crippen LogP contribution >= 0.6 is 0 Å². The fourth-order valence-corrected chi connectivity index (χ4v) is 2.89. The summed E-state index contributed by atoms with van der Waals surface area (Å²) >= 11 is 0. The highest BCUT2D eigenvalue weighted by molar-refractivity contribution is 6.10. The average molecular weight is 365 g/mol. The van der Waals surface area contributed by atoms with E-state index in [0.29, 0.717) is 28.1 Å². The predicted octanol–water partition coefficient (Wildman–Crippen LogP) is 1.51. The molecule has 0 bridgehead atoms. The number of carbonyl (C=O) groups is 3. The minimum Gasteiger partial charge on any atom is -0.496 e. The largest absolute Gasteiger partial charge is 0.496 e. The topological polar surface area (TPSA) is 87.7 Å². The minimum absolute atomic E-state index is 0.0467. The van der Waals surface area contributed by atoms with Gasteiger partial charge < -0.3 is 4.74 Å². The molecule has 0 unspecified atom stereocenters. The van der Waals surface area contributed by atoms with Gasteiger partial charge in [-0.3, -0.25) is 30.1 Å². The molecule has 1 heterocycles. The number of rotatable bonds is 5. The number of hydrogen-bond donors (Lipinski definition) is 2. The summed E-state index contributed by atoms with van der Waals surface area (Å²) in [6.45, 7) is 3.64. The molecule has 0 saturated heterocycles. The zero-order valence-electron chi connectivity index (χ0n) is 14.8. The summed E-state index contributed by atoms with van der Waals surface area (Å²) in [5.41, 5.74) is 7.04. The summed E-state index contributed by atoms with van der Waals surface area (Å²) in [7, 11) is 1.52. The maximum absolute atomic E-state index is 12.4. The molecular weight excluding hydrogens is 346 g/mol. The second-order valence-electron chi connectivity index (χ2n) is 5.97. The first kappa shape index (κ1) is 18.2. The Bertz CT molecular complexity index is 888. The van der Waals surface area contributed by atoms with Crippen LogP contribution in [0.15, 0.2) is 55.1 Å². The summed E-state index contributed by atoms with van der Waals surface area (Å²) in [5.74, 6) is -0.616. The Kier molecular flexibility index (Phi) is 5.21. The Morgan fingerprint density at radius 2 is 1.63 bits per heavy atom. The van der Waals surface area contributed by atoms with Crippen LogP contribution in [0.25, 0.3) is 5.70 Å². The van der Waals surface area contributed by atoms with Crippen molar-refractivity contribution >= 4 is 23.4 Å². The van der Waals surface area contributed by atoms with Crippen LogP contribution in [0.1, 0.15) is 21.5 Å². The number of nitrogens with one attached hydrogen (secondary N) is 2. The van der Waals surface area contributed by atoms with Gasteiger partial charge in [-0.25, -0.2) is 0 Å². The van der Waals surface area contributed by atoms with E-state index in [4.69, 9.17) is 4.74 Å². The van der Waals surface area contributed by atoms with Crippen molar-refractivity contribution in [3.63, 3.8) is 0 Å². The second kappa shape index (κ2) is 7.74. The van der Waals surface area contributed by atoms with Gasteiger partial charge in [-0.2, -0.15) is 0 Å². The van der Waals surface area contributed by atoms with Crippen LogP contribution in [-0.2, 0) is 16.0 Å². The van der Waals surface area contributed by atoms with E-state index >= 15 is 0 Å². The number of para-hydroxylation sites is 1. The van der Waals surface area contributed by atoms with Gasteiger partial charge in [-0.1, -0.05) is 43.0 Å². The lowest BCUT2D eigenvalue weighted by atomic mass is 10.1. The predicted molar refractivity (Wildman–Crippen MR) is 99.5 cm³/mol. The van der Waals surface area contributed by atoms with E-state index in [0.717, 1.165) is 0 Å². The van der Waals surface area contributed by atoms with Gasteiger partial charge >= 0.3 is 0 Å². The molecule has 27 heavy (non-hydrogen) atoms. The van der Waals surface area contributed by atoms with Crippen molar-refractivity contribution in [1.29, 1.82) is 0 Å². The van der Waals surface area contributed by atoms with Crippen LogP contribution in [0, 0.1) is 0 Å². The third-order valence-electron chi connectivity index (χ3n) is 4.23. The van der Waals surface area contributed by atoms with Gasteiger partial charge in [0.2, 0.25) is 5.91 Å². The zero-order valence-corrected chi connectivity index (χ0v) is 14.8. The van der Waals surface area contributed by atoms with Crippen LogP contribution in [0.4, 0.5) is 0 Å². The smallest absolute Gasteiger partial charge is 0.259 e. The van der Waals surface area contributed by atoms with Gasteiger partial charge in [-0.05, 0) is 12.1 Å². The van der Waals surface area contributed by atoms with Gasteiger partial charge in [-0.15, -0.1) is 0 Å². The molecule has 2 aromatic rings. The fraction of sp³-hybridized carbons (Fsp3) is 0.150. The van der Waals surface area contributed by atoms with Crippen molar-refractivity contribution in [2.45, 2.75) is 6.42 Å². The first-order valence-electron chi connectivity index (χ1n) is 8.31. The molecule has 0 spiro atoms. The molecule has 2 aromatic carbocycles. The maximum Gasteiger partial charge on any atom is 0.259 e. The number of amides is 3. The quantitative estimate of drug-likeness (QED) is 0.787. The number of carbonyl (C=O) groups excluding carboxylic acids is 3. The van der Waals surface area contributed by atoms with Crippen LogP contribution in [0.5, 0.6) is 5.75 Å². The lowest BCUT2D eigenvalue weighted by Crippen LogP contribution is -2.46. The van der Waals surface area contributed by atoms with Gasteiger partial charge in [0.1, 0.15) is 12.3 Å². The monoisotopic (exact) mass is 365 g/mol. The molecule has 0 saturated carbocycles. The van der Waals surface area contributed by atoms with Crippen molar-refractivity contribution in [1.82, 2.24) is 15.8 Å². The van der Waals surface area contributed by atoms with Crippen LogP contribution in [-0.4, -0.2) is 36.3 Å². The molecule has 0 aliphatic carbocycles. The third-order valence-corrected chi connectivity index (χ3v) is 4.23. The molecule has 1 aliphatic rings. The number of methoxy groups -OCH3 is 1. The molecule has 2 N–H and O–H groups in total. The SMILES string of the molecule is C=C1c2ccccc2C(=O)N1CC(=O)NNC(=O)Cc1ccccc1OC. The highest BCUT2D eigenvalue weighted by atomic mass is 16.5. The average Bonchev–Trinajstić information content (AvgIpc) is 2.92. The minimum atomic E-state index is -0.523. The van der Waals surface area contributed by atoms with Crippen molar-refractivity contribution in [3.8, 4) is 5.75 Å². The molecule has 138 valence electrons. The van der Waals surface area contributed by atoms with Crippen LogP contribution in [0.3, 0.4) is 0 Å². The Morgan fingerprint density at radius 3 is 2.33 bits per heavy atom. The van der Waals surface area contributed by atoms with Gasteiger partial charge in [0, 0.05) is 22.4 Å². The number of benzene rings is 2. The summed E-state index contributed by atoms with van der Waals surface area (Å²) < 4.78 is 5.19. The second-order valence-corrected chi connectivity index (χ2v) is 5.97. The number of hydrazine groups is 1. The van der Waals surface area contributed by atoms with E-state index in [1.165, 1.54) is 12.0 Å². The van der Waals surface area contributed by atoms with Crippen molar-refractivity contribution in [2.24, 2.45) is 0 Å². The fourth-order valence-electron chi connectivity index (χ4n) is 2.89. The summed E-state index contributed by atoms with van der Waals surface area (Å²) in [4.78, 5) is 37.8. The summed E-state index contributed by atoms with van der Waals surface area (Å²) in [6.07, 6.45) is 0.0467. The lowest BCUT2D eigenvalue weighted by Gasteiger charge is -2.17. The van der Waals surface area contributed by atoms with Crippen LogP contribution in [0.2, 0.25) is 0 Å². The molecule has 3 rings (SSSR count). The normalized spacial score (nSPS) is 12.6. The van der Waals surface area contributed by atoms with E-state index in [9.17, 15) is 14.4 Å². The Hall–Kier alpha value is -3.61. The summed E-state index contributed by atoms with van der Waals surface area (Å²) in [5, 5.41) is 0. The van der Waals surface area contributed by atoms with Crippen molar-refractivity contribution in [3.05, 3.63) is 71.8 Å².